The van der Waals surface area contributed by atoms with Gasteiger partial charge in [-0.25, -0.2) is 0 Å². The SMILES string of the molecule is O=c1[nH]c(C=Cc2ccccc2Cl)nc(O)c1[N+](=O)[O-]. The lowest BCUT2D eigenvalue weighted by atomic mass is 10.2. The summed E-state index contributed by atoms with van der Waals surface area (Å²) in [5.74, 6) is -0.949. The van der Waals surface area contributed by atoms with Crippen LogP contribution in [0.5, 0.6) is 5.88 Å². The molecule has 0 spiro atoms. The number of nitrogens with zero attached hydrogens (tertiary/aromatic N) is 2. The summed E-state index contributed by atoms with van der Waals surface area (Å²) in [7, 11) is 0. The zero-order chi connectivity index (χ0) is 14.7. The van der Waals surface area contributed by atoms with E-state index >= 15 is 0 Å². The Hall–Kier alpha value is -2.67. The van der Waals surface area contributed by atoms with Gasteiger partial charge in [0.2, 0.25) is 0 Å². The van der Waals surface area contributed by atoms with Gasteiger partial charge in [0, 0.05) is 5.02 Å². The van der Waals surface area contributed by atoms with E-state index < -0.39 is 22.0 Å². The minimum absolute atomic E-state index is 0.0157. The van der Waals surface area contributed by atoms with Crippen LogP contribution >= 0.6 is 11.6 Å². The van der Waals surface area contributed by atoms with Crippen molar-refractivity contribution in [2.24, 2.45) is 0 Å². The number of hydrogen-bond acceptors (Lipinski definition) is 5. The second-order valence-electron chi connectivity index (χ2n) is 3.74. The van der Waals surface area contributed by atoms with E-state index in [-0.39, 0.29) is 5.82 Å². The molecule has 0 aliphatic rings. The van der Waals surface area contributed by atoms with Crippen molar-refractivity contribution in [3.8, 4) is 5.88 Å². The first-order chi connectivity index (χ1) is 9.49. The molecule has 0 aliphatic carbocycles. The fourth-order valence-electron chi connectivity index (χ4n) is 1.49. The van der Waals surface area contributed by atoms with Crippen molar-refractivity contribution < 1.29 is 10.0 Å². The molecule has 0 saturated heterocycles. The summed E-state index contributed by atoms with van der Waals surface area (Å²) in [6, 6.07) is 6.96. The van der Waals surface area contributed by atoms with Crippen molar-refractivity contribution in [2.75, 3.05) is 0 Å². The largest absolute Gasteiger partial charge is 0.488 e. The van der Waals surface area contributed by atoms with Crippen LogP contribution < -0.4 is 5.56 Å². The monoisotopic (exact) mass is 293 g/mol. The van der Waals surface area contributed by atoms with Crippen LogP contribution in [0.15, 0.2) is 29.1 Å². The maximum Gasteiger partial charge on any atom is 0.395 e. The number of rotatable bonds is 3. The van der Waals surface area contributed by atoms with Crippen LogP contribution in [0.25, 0.3) is 12.2 Å². The van der Waals surface area contributed by atoms with Gasteiger partial charge in [0.15, 0.2) is 0 Å². The number of nitro groups is 1. The molecule has 0 amide bonds. The standard InChI is InChI=1S/C12H8ClN3O4/c13-8-4-2-1-3-7(8)5-6-9-14-11(17)10(16(19)20)12(18)15-9/h1-6H,(H2,14,15,17,18). The van der Waals surface area contributed by atoms with E-state index in [4.69, 9.17) is 11.6 Å². The van der Waals surface area contributed by atoms with E-state index in [1.807, 2.05) is 0 Å². The number of aromatic nitrogens is 2. The predicted molar refractivity (Wildman–Crippen MR) is 73.6 cm³/mol. The number of halogens is 1. The van der Waals surface area contributed by atoms with Crippen LogP contribution in [-0.2, 0) is 0 Å². The zero-order valence-corrected chi connectivity index (χ0v) is 10.7. The number of aromatic amines is 1. The van der Waals surface area contributed by atoms with Crippen molar-refractivity contribution in [2.45, 2.75) is 0 Å². The van der Waals surface area contributed by atoms with Gasteiger partial charge in [0.05, 0.1) is 4.92 Å². The fraction of sp³-hybridized carbons (Fsp3) is 0. The Bertz CT molecular complexity index is 755. The van der Waals surface area contributed by atoms with E-state index in [9.17, 15) is 20.0 Å². The summed E-state index contributed by atoms with van der Waals surface area (Å²) < 4.78 is 0. The summed E-state index contributed by atoms with van der Waals surface area (Å²) >= 11 is 5.94. The molecule has 8 heteroatoms. The summed E-state index contributed by atoms with van der Waals surface area (Å²) in [5, 5.41) is 20.4. The normalized spacial score (nSPS) is 10.8. The average molecular weight is 294 g/mol. The van der Waals surface area contributed by atoms with Crippen molar-refractivity contribution in [1.82, 2.24) is 9.97 Å². The molecule has 1 aromatic carbocycles. The van der Waals surface area contributed by atoms with Gasteiger partial charge in [0.1, 0.15) is 5.82 Å². The van der Waals surface area contributed by atoms with Crippen LogP contribution in [0, 0.1) is 10.1 Å². The molecule has 1 heterocycles. The number of aromatic hydroxyl groups is 1. The highest BCUT2D eigenvalue weighted by Gasteiger charge is 2.21. The molecule has 0 saturated carbocycles. The Kier molecular flexibility index (Phi) is 3.81. The summed E-state index contributed by atoms with van der Waals surface area (Å²) in [5.41, 5.74) is -1.34. The summed E-state index contributed by atoms with van der Waals surface area (Å²) in [6.45, 7) is 0. The van der Waals surface area contributed by atoms with Gasteiger partial charge in [-0.15, -0.1) is 0 Å². The number of hydrogen-bond donors (Lipinski definition) is 2. The van der Waals surface area contributed by atoms with Gasteiger partial charge >= 0.3 is 11.2 Å². The highest BCUT2D eigenvalue weighted by Crippen LogP contribution is 2.19. The molecule has 0 aliphatic heterocycles. The lowest BCUT2D eigenvalue weighted by molar-refractivity contribution is -0.387. The third-order valence-electron chi connectivity index (χ3n) is 2.40. The Morgan fingerprint density at radius 1 is 1.35 bits per heavy atom. The molecule has 2 aromatic rings. The first-order valence-corrected chi connectivity index (χ1v) is 5.77. The van der Waals surface area contributed by atoms with E-state index in [0.29, 0.717) is 10.6 Å². The number of H-pyrrole nitrogens is 1. The molecule has 102 valence electrons. The van der Waals surface area contributed by atoms with E-state index in [1.54, 1.807) is 30.3 Å². The molecule has 20 heavy (non-hydrogen) atoms. The Morgan fingerprint density at radius 2 is 2.05 bits per heavy atom. The van der Waals surface area contributed by atoms with Crippen LogP contribution in [0.2, 0.25) is 5.02 Å². The molecule has 0 radical (unpaired) electrons. The smallest absolute Gasteiger partial charge is 0.395 e. The number of nitrogens with one attached hydrogen (secondary N) is 1. The van der Waals surface area contributed by atoms with Gasteiger partial charge in [-0.2, -0.15) is 4.98 Å². The summed E-state index contributed by atoms with van der Waals surface area (Å²) in [6.07, 6.45) is 2.94. The van der Waals surface area contributed by atoms with Crippen molar-refractivity contribution in [3.05, 3.63) is 61.1 Å². The van der Waals surface area contributed by atoms with Crippen LogP contribution in [-0.4, -0.2) is 20.0 Å². The van der Waals surface area contributed by atoms with Gasteiger partial charge in [0.25, 0.3) is 5.88 Å². The van der Waals surface area contributed by atoms with Gasteiger partial charge in [-0.05, 0) is 23.8 Å². The van der Waals surface area contributed by atoms with E-state index in [0.717, 1.165) is 0 Å². The quantitative estimate of drug-likeness (QED) is 0.666. The lowest BCUT2D eigenvalue weighted by Gasteiger charge is -1.98. The molecular formula is C12H8ClN3O4. The maximum atomic E-state index is 11.4. The fourth-order valence-corrected chi connectivity index (χ4v) is 1.69. The van der Waals surface area contributed by atoms with Gasteiger partial charge in [-0.1, -0.05) is 29.8 Å². The highest BCUT2D eigenvalue weighted by molar-refractivity contribution is 6.32. The molecule has 0 fully saturated rings. The third-order valence-corrected chi connectivity index (χ3v) is 2.75. The average Bonchev–Trinajstić information content (AvgIpc) is 2.36. The number of benzene rings is 1. The molecule has 2 N–H and O–H groups in total. The first kappa shape index (κ1) is 13.8. The van der Waals surface area contributed by atoms with Crippen LogP contribution in [0.1, 0.15) is 11.4 Å². The maximum absolute atomic E-state index is 11.4. The Balaban J connectivity index is 2.39. The topological polar surface area (TPSA) is 109 Å². The molecular weight excluding hydrogens is 286 g/mol. The lowest BCUT2D eigenvalue weighted by Crippen LogP contribution is -2.14. The minimum Gasteiger partial charge on any atom is -0.488 e. The van der Waals surface area contributed by atoms with Crippen LogP contribution in [0.4, 0.5) is 5.69 Å². The van der Waals surface area contributed by atoms with Crippen molar-refractivity contribution in [1.29, 1.82) is 0 Å². The first-order valence-electron chi connectivity index (χ1n) is 5.39. The third kappa shape index (κ3) is 2.83. The molecule has 0 atom stereocenters. The Labute approximate surface area is 117 Å². The second kappa shape index (κ2) is 5.54. The molecule has 1 aromatic heterocycles. The second-order valence-corrected chi connectivity index (χ2v) is 4.14. The molecule has 7 nitrogen and oxygen atoms in total. The van der Waals surface area contributed by atoms with Gasteiger partial charge in [-0.3, -0.25) is 14.9 Å². The van der Waals surface area contributed by atoms with Gasteiger partial charge < -0.3 is 10.1 Å². The van der Waals surface area contributed by atoms with Crippen LogP contribution in [0.3, 0.4) is 0 Å². The van der Waals surface area contributed by atoms with Crippen molar-refractivity contribution in [3.63, 3.8) is 0 Å². The van der Waals surface area contributed by atoms with E-state index in [2.05, 4.69) is 9.97 Å². The molecule has 0 bridgehead atoms. The minimum atomic E-state index is -1.03. The Morgan fingerprint density at radius 3 is 2.65 bits per heavy atom. The highest BCUT2D eigenvalue weighted by atomic mass is 35.5. The van der Waals surface area contributed by atoms with Crippen molar-refractivity contribution >= 4 is 29.4 Å². The van der Waals surface area contributed by atoms with E-state index in [1.165, 1.54) is 6.08 Å². The summed E-state index contributed by atoms with van der Waals surface area (Å²) in [4.78, 5) is 26.7. The molecule has 0 unspecified atom stereocenters. The zero-order valence-electron chi connectivity index (χ0n) is 9.91. The predicted octanol–water partition coefficient (Wildman–Crippen LogP) is 2.21. The molecule has 2 rings (SSSR count).